The number of rotatable bonds is 2. The Kier molecular flexibility index (Phi) is 4.47. The van der Waals surface area contributed by atoms with Gasteiger partial charge < -0.3 is 10.1 Å². The van der Waals surface area contributed by atoms with Crippen LogP contribution in [0.15, 0.2) is 18.2 Å². The first-order valence-corrected chi connectivity index (χ1v) is 8.67. The molecule has 7 heteroatoms. The molecule has 3 nitrogen and oxygen atoms in total. The maximum Gasteiger partial charge on any atom is 0.417 e. The monoisotopic (exact) mass is 342 g/mol. The van der Waals surface area contributed by atoms with Crippen LogP contribution in [0.5, 0.6) is 0 Å². The van der Waals surface area contributed by atoms with Gasteiger partial charge in [-0.25, -0.2) is 0 Å². The summed E-state index contributed by atoms with van der Waals surface area (Å²) in [5.74, 6) is 2.06. The minimum Gasteiger partial charge on any atom is -0.382 e. The smallest absolute Gasteiger partial charge is 0.382 e. The minimum atomic E-state index is -4.51. The Morgan fingerprint density at radius 3 is 2.87 bits per heavy atom. The largest absolute Gasteiger partial charge is 0.417 e. The fourth-order valence-electron chi connectivity index (χ4n) is 3.22. The topological polar surface area (TPSA) is 45.0 Å². The van der Waals surface area contributed by atoms with Crippen molar-refractivity contribution in [1.29, 1.82) is 5.26 Å². The summed E-state index contributed by atoms with van der Waals surface area (Å²) in [6.45, 7) is 0.657. The van der Waals surface area contributed by atoms with Crippen LogP contribution in [-0.4, -0.2) is 29.8 Å². The molecule has 2 heterocycles. The lowest BCUT2D eigenvalue weighted by Crippen LogP contribution is -2.44. The zero-order valence-electron chi connectivity index (χ0n) is 12.4. The summed E-state index contributed by atoms with van der Waals surface area (Å²) in [6, 6.07) is 5.46. The van der Waals surface area contributed by atoms with Gasteiger partial charge in [-0.3, -0.25) is 0 Å². The molecular formula is C16H17F3N2OS. The Morgan fingerprint density at radius 2 is 2.22 bits per heavy atom. The maximum atomic E-state index is 12.8. The Labute approximate surface area is 137 Å². The van der Waals surface area contributed by atoms with Crippen molar-refractivity contribution in [2.24, 2.45) is 0 Å². The van der Waals surface area contributed by atoms with Crippen LogP contribution in [0.4, 0.5) is 18.9 Å². The molecule has 124 valence electrons. The predicted octanol–water partition coefficient (Wildman–Crippen LogP) is 4.04. The Morgan fingerprint density at radius 1 is 1.39 bits per heavy atom. The van der Waals surface area contributed by atoms with E-state index in [0.29, 0.717) is 12.3 Å². The van der Waals surface area contributed by atoms with E-state index in [9.17, 15) is 13.2 Å². The van der Waals surface area contributed by atoms with Crippen LogP contribution in [0, 0.1) is 11.3 Å². The van der Waals surface area contributed by atoms with E-state index in [4.69, 9.17) is 10.00 Å². The van der Waals surface area contributed by atoms with Crippen molar-refractivity contribution in [3.05, 3.63) is 29.3 Å². The van der Waals surface area contributed by atoms with Crippen molar-refractivity contribution in [2.45, 2.75) is 37.1 Å². The van der Waals surface area contributed by atoms with Gasteiger partial charge in [0.25, 0.3) is 0 Å². The Balaban J connectivity index is 1.74. The van der Waals surface area contributed by atoms with E-state index in [1.165, 1.54) is 12.1 Å². The third-order valence-corrected chi connectivity index (χ3v) is 5.60. The zero-order valence-corrected chi connectivity index (χ0v) is 13.3. The highest BCUT2D eigenvalue weighted by Crippen LogP contribution is 2.39. The molecule has 2 fully saturated rings. The summed E-state index contributed by atoms with van der Waals surface area (Å²) in [4.78, 5) is 0. The van der Waals surface area contributed by atoms with Gasteiger partial charge in [-0.15, -0.1) is 0 Å². The van der Waals surface area contributed by atoms with Gasteiger partial charge in [-0.1, -0.05) is 0 Å². The minimum absolute atomic E-state index is 0.0927. The highest BCUT2D eigenvalue weighted by Gasteiger charge is 2.40. The standard InChI is InChI=1S/C16H17F3N2OS/c17-16(18,19)14-2-1-12(7-11(14)9-20)21-13-3-5-22-15(8-13)4-6-23-10-15/h1-2,7,13,21H,3-6,8,10H2/t13-,15+/m1/s1. The van der Waals surface area contributed by atoms with Crippen molar-refractivity contribution in [3.63, 3.8) is 0 Å². The number of anilines is 1. The third-order valence-electron chi connectivity index (χ3n) is 4.38. The van der Waals surface area contributed by atoms with Gasteiger partial charge in [0.1, 0.15) is 0 Å². The number of nitriles is 1. The molecule has 0 aliphatic carbocycles. The molecule has 2 saturated heterocycles. The first-order chi connectivity index (χ1) is 10.9. The molecular weight excluding hydrogens is 325 g/mol. The fraction of sp³-hybridized carbons (Fsp3) is 0.562. The molecule has 0 aromatic heterocycles. The van der Waals surface area contributed by atoms with Gasteiger partial charge in [0, 0.05) is 24.1 Å². The lowest BCUT2D eigenvalue weighted by molar-refractivity contribution is -0.137. The van der Waals surface area contributed by atoms with E-state index in [1.807, 2.05) is 11.8 Å². The number of hydrogen-bond donors (Lipinski definition) is 1. The first kappa shape index (κ1) is 16.5. The second kappa shape index (κ2) is 6.25. The number of alkyl halides is 3. The van der Waals surface area contributed by atoms with E-state index in [2.05, 4.69) is 5.32 Å². The number of ether oxygens (including phenoxy) is 1. The molecule has 0 saturated carbocycles. The summed E-state index contributed by atoms with van der Waals surface area (Å²) in [5.41, 5.74) is -0.769. The zero-order chi connectivity index (χ0) is 16.5. The summed E-state index contributed by atoms with van der Waals surface area (Å²) < 4.78 is 44.4. The molecule has 1 N–H and O–H groups in total. The molecule has 2 atom stereocenters. The van der Waals surface area contributed by atoms with Crippen molar-refractivity contribution < 1.29 is 17.9 Å². The van der Waals surface area contributed by atoms with Crippen molar-refractivity contribution in [2.75, 3.05) is 23.4 Å². The van der Waals surface area contributed by atoms with E-state index >= 15 is 0 Å². The lowest BCUT2D eigenvalue weighted by Gasteiger charge is -2.38. The van der Waals surface area contributed by atoms with Crippen LogP contribution < -0.4 is 5.32 Å². The number of nitrogens with one attached hydrogen (secondary N) is 1. The van der Waals surface area contributed by atoms with E-state index in [0.717, 1.165) is 36.8 Å². The fourth-order valence-corrected chi connectivity index (χ4v) is 4.60. The quantitative estimate of drug-likeness (QED) is 0.881. The van der Waals surface area contributed by atoms with Crippen LogP contribution >= 0.6 is 11.8 Å². The van der Waals surface area contributed by atoms with Gasteiger partial charge in [0.2, 0.25) is 0 Å². The molecule has 0 bridgehead atoms. The van der Waals surface area contributed by atoms with Crippen LogP contribution in [0.3, 0.4) is 0 Å². The average molecular weight is 342 g/mol. The van der Waals surface area contributed by atoms with Crippen molar-refractivity contribution in [1.82, 2.24) is 0 Å². The SMILES string of the molecule is N#Cc1cc(N[C@@H]2CCO[C@@]3(CCSC3)C2)ccc1C(F)(F)F. The number of benzene rings is 1. The molecule has 0 radical (unpaired) electrons. The van der Waals surface area contributed by atoms with Gasteiger partial charge in [0.15, 0.2) is 0 Å². The normalized spacial score (nSPS) is 27.8. The second-order valence-corrected chi connectivity index (χ2v) is 7.14. The van der Waals surface area contributed by atoms with E-state index in [1.54, 1.807) is 6.07 Å². The molecule has 23 heavy (non-hydrogen) atoms. The summed E-state index contributed by atoms with van der Waals surface area (Å²) in [6.07, 6.45) is -1.82. The lowest BCUT2D eigenvalue weighted by atomic mass is 9.89. The molecule has 2 aliphatic heterocycles. The number of nitrogens with zero attached hydrogens (tertiary/aromatic N) is 1. The van der Waals surface area contributed by atoms with E-state index in [-0.39, 0.29) is 17.2 Å². The van der Waals surface area contributed by atoms with Gasteiger partial charge in [0.05, 0.1) is 22.8 Å². The maximum absolute atomic E-state index is 12.8. The molecule has 1 aromatic carbocycles. The number of halogens is 3. The van der Waals surface area contributed by atoms with Crippen LogP contribution in [-0.2, 0) is 10.9 Å². The van der Waals surface area contributed by atoms with Crippen LogP contribution in [0.25, 0.3) is 0 Å². The molecule has 1 aromatic rings. The average Bonchev–Trinajstić information content (AvgIpc) is 2.93. The molecule has 2 aliphatic rings. The Bertz CT molecular complexity index is 621. The number of hydrogen-bond acceptors (Lipinski definition) is 4. The van der Waals surface area contributed by atoms with Crippen LogP contribution in [0.2, 0.25) is 0 Å². The van der Waals surface area contributed by atoms with E-state index < -0.39 is 11.7 Å². The van der Waals surface area contributed by atoms with Gasteiger partial charge in [-0.05, 0) is 43.2 Å². The van der Waals surface area contributed by atoms with Crippen molar-refractivity contribution >= 4 is 17.4 Å². The molecule has 3 rings (SSSR count). The highest BCUT2D eigenvalue weighted by molar-refractivity contribution is 7.99. The van der Waals surface area contributed by atoms with Crippen LogP contribution in [0.1, 0.15) is 30.4 Å². The van der Waals surface area contributed by atoms with Crippen molar-refractivity contribution in [3.8, 4) is 6.07 Å². The first-order valence-electron chi connectivity index (χ1n) is 7.51. The molecule has 0 unspecified atom stereocenters. The summed E-state index contributed by atoms with van der Waals surface area (Å²) >= 11 is 1.88. The summed E-state index contributed by atoms with van der Waals surface area (Å²) in [5, 5.41) is 12.3. The molecule has 1 spiro atoms. The predicted molar refractivity (Wildman–Crippen MR) is 83.4 cm³/mol. The molecule has 0 amide bonds. The number of thioether (sulfide) groups is 1. The van der Waals surface area contributed by atoms with Gasteiger partial charge in [-0.2, -0.15) is 30.2 Å². The summed E-state index contributed by atoms with van der Waals surface area (Å²) in [7, 11) is 0. The highest BCUT2D eigenvalue weighted by atomic mass is 32.2. The third kappa shape index (κ3) is 3.59. The van der Waals surface area contributed by atoms with Gasteiger partial charge >= 0.3 is 6.18 Å². The Hall–Kier alpha value is -1.39. The second-order valence-electron chi connectivity index (χ2n) is 6.04.